The molecule has 7 nitrogen and oxygen atoms in total. The second-order valence-electron chi connectivity index (χ2n) is 5.05. The van der Waals surface area contributed by atoms with Crippen molar-refractivity contribution in [2.45, 2.75) is 26.2 Å². The fourth-order valence-corrected chi connectivity index (χ4v) is 1.93. The fourth-order valence-electron chi connectivity index (χ4n) is 1.93. The molecule has 1 heterocycles. The number of urea groups is 1. The van der Waals surface area contributed by atoms with E-state index in [-0.39, 0.29) is 23.1 Å². The van der Waals surface area contributed by atoms with Gasteiger partial charge in [0, 0.05) is 11.8 Å². The van der Waals surface area contributed by atoms with Crippen molar-refractivity contribution in [1.29, 1.82) is 0 Å². The van der Waals surface area contributed by atoms with E-state index in [4.69, 9.17) is 5.73 Å². The molecule has 0 fully saturated rings. The number of nitrogens with two attached hydrogens (primary N) is 1. The number of hydrogen-bond donors (Lipinski definition) is 3. The third-order valence-corrected chi connectivity index (χ3v) is 2.92. The molecule has 1 unspecified atom stereocenters. The van der Waals surface area contributed by atoms with Gasteiger partial charge in [0.05, 0.1) is 0 Å². The van der Waals surface area contributed by atoms with Gasteiger partial charge in [0.25, 0.3) is 0 Å². The number of hydrogen-bond acceptors (Lipinski definition) is 4. The van der Waals surface area contributed by atoms with E-state index in [9.17, 15) is 18.4 Å². The highest BCUT2D eigenvalue weighted by Crippen LogP contribution is 2.42. The summed E-state index contributed by atoms with van der Waals surface area (Å²) in [7, 11) is 0. The molecule has 1 aliphatic heterocycles. The van der Waals surface area contributed by atoms with E-state index >= 15 is 0 Å². The highest BCUT2D eigenvalue weighted by molar-refractivity contribution is 5.97. The highest BCUT2D eigenvalue weighted by Gasteiger charge is 2.43. The summed E-state index contributed by atoms with van der Waals surface area (Å²) < 4.78 is 34.4. The topological polar surface area (TPSA) is 103 Å². The number of nitrogens with one attached hydrogen (secondary N) is 2. The number of primary amides is 1. The number of amides is 3. The molecule has 1 atom stereocenters. The van der Waals surface area contributed by atoms with Crippen molar-refractivity contribution < 1.29 is 27.8 Å². The van der Waals surface area contributed by atoms with Gasteiger partial charge < -0.3 is 25.8 Å². The average Bonchev–Trinajstić information content (AvgIpc) is 2.68. The van der Waals surface area contributed by atoms with Crippen LogP contribution in [0.1, 0.15) is 13.8 Å². The van der Waals surface area contributed by atoms with Gasteiger partial charge in [-0.1, -0.05) is 13.8 Å². The van der Waals surface area contributed by atoms with E-state index in [1.54, 1.807) is 13.8 Å². The monoisotopic (exact) mass is 315 g/mol. The molecular weight excluding hydrogens is 300 g/mol. The van der Waals surface area contributed by atoms with E-state index < -0.39 is 24.3 Å². The van der Waals surface area contributed by atoms with E-state index in [0.717, 1.165) is 0 Å². The van der Waals surface area contributed by atoms with Crippen LogP contribution in [0.5, 0.6) is 11.5 Å². The second-order valence-corrected chi connectivity index (χ2v) is 5.05. The Bertz CT molecular complexity index is 607. The molecule has 0 aromatic heterocycles. The van der Waals surface area contributed by atoms with E-state index in [2.05, 4.69) is 20.1 Å². The third kappa shape index (κ3) is 3.54. The SMILES string of the molecule is CC(C)C(NC(N)=O)C(=O)Nc1ccc2c(c1)OC(F)(F)O2. The van der Waals surface area contributed by atoms with E-state index in [1.165, 1.54) is 18.2 Å². The fraction of sp³-hybridized carbons (Fsp3) is 0.385. The lowest BCUT2D eigenvalue weighted by molar-refractivity contribution is -0.286. The predicted molar refractivity (Wildman–Crippen MR) is 72.6 cm³/mol. The standard InChI is InChI=1S/C13H15F2N3O4/c1-6(2)10(18-12(16)20)11(19)17-7-3-4-8-9(5-7)22-13(14,15)21-8/h3-6,10H,1-2H3,(H,17,19)(H3,16,18,20). The van der Waals surface area contributed by atoms with Gasteiger partial charge in [-0.3, -0.25) is 4.79 Å². The van der Waals surface area contributed by atoms with Gasteiger partial charge in [-0.05, 0) is 18.1 Å². The van der Waals surface area contributed by atoms with Crippen molar-refractivity contribution in [2.75, 3.05) is 5.32 Å². The van der Waals surface area contributed by atoms with Gasteiger partial charge in [0.2, 0.25) is 5.91 Å². The normalized spacial score (nSPS) is 16.2. The smallest absolute Gasteiger partial charge is 0.395 e. The Labute approximate surface area is 124 Å². The summed E-state index contributed by atoms with van der Waals surface area (Å²) in [6.45, 7) is 3.45. The molecule has 3 amide bonds. The summed E-state index contributed by atoms with van der Waals surface area (Å²) in [6.07, 6.45) is -3.72. The minimum atomic E-state index is -3.72. The van der Waals surface area contributed by atoms with Crippen LogP contribution in [0, 0.1) is 5.92 Å². The minimum Gasteiger partial charge on any atom is -0.395 e. The minimum absolute atomic E-state index is 0.126. The molecular formula is C13H15F2N3O4. The van der Waals surface area contributed by atoms with Crippen LogP contribution >= 0.6 is 0 Å². The molecule has 0 saturated carbocycles. The molecule has 0 bridgehead atoms. The van der Waals surface area contributed by atoms with Crippen LogP contribution in [-0.4, -0.2) is 24.3 Å². The number of ether oxygens (including phenoxy) is 2. The van der Waals surface area contributed by atoms with Crippen LogP contribution in [-0.2, 0) is 4.79 Å². The summed E-state index contributed by atoms with van der Waals surface area (Å²) in [5.41, 5.74) is 5.24. The van der Waals surface area contributed by atoms with Crippen LogP contribution in [0.25, 0.3) is 0 Å². The number of carbonyl (C=O) groups is 2. The number of anilines is 1. The molecule has 1 aliphatic rings. The number of benzene rings is 1. The van der Waals surface area contributed by atoms with E-state index in [0.29, 0.717) is 0 Å². The Kier molecular flexibility index (Phi) is 4.07. The van der Waals surface area contributed by atoms with Gasteiger partial charge in [-0.15, -0.1) is 8.78 Å². The van der Waals surface area contributed by atoms with Crippen LogP contribution in [0.3, 0.4) is 0 Å². The van der Waals surface area contributed by atoms with Gasteiger partial charge in [0.15, 0.2) is 11.5 Å². The van der Waals surface area contributed by atoms with Crippen molar-refractivity contribution in [3.8, 4) is 11.5 Å². The first-order chi connectivity index (χ1) is 10.2. The van der Waals surface area contributed by atoms with Gasteiger partial charge >= 0.3 is 12.3 Å². The molecule has 0 spiro atoms. The summed E-state index contributed by atoms with van der Waals surface area (Å²) in [6, 6.07) is 2.14. The lowest BCUT2D eigenvalue weighted by Gasteiger charge is -2.20. The number of alkyl halides is 2. The number of carbonyl (C=O) groups excluding carboxylic acids is 2. The number of fused-ring (bicyclic) bond motifs is 1. The van der Waals surface area contributed by atoms with Crippen LogP contribution < -0.4 is 25.8 Å². The predicted octanol–water partition coefficient (Wildman–Crippen LogP) is 1.64. The Morgan fingerprint density at radius 1 is 1.23 bits per heavy atom. The maximum absolute atomic E-state index is 12.9. The van der Waals surface area contributed by atoms with E-state index in [1.807, 2.05) is 0 Å². The zero-order chi connectivity index (χ0) is 16.5. The molecule has 2 rings (SSSR count). The van der Waals surface area contributed by atoms with Gasteiger partial charge in [0.1, 0.15) is 6.04 Å². The Hall–Kier alpha value is -2.58. The van der Waals surface area contributed by atoms with Crippen molar-refractivity contribution in [1.82, 2.24) is 5.32 Å². The second kappa shape index (κ2) is 5.66. The first kappa shape index (κ1) is 15.8. The quantitative estimate of drug-likeness (QED) is 0.786. The maximum Gasteiger partial charge on any atom is 0.586 e. The first-order valence-electron chi connectivity index (χ1n) is 6.44. The lowest BCUT2D eigenvalue weighted by Crippen LogP contribution is -2.49. The van der Waals surface area contributed by atoms with Crippen molar-refractivity contribution in [2.24, 2.45) is 11.7 Å². The number of rotatable bonds is 4. The van der Waals surface area contributed by atoms with Crippen molar-refractivity contribution >= 4 is 17.6 Å². The summed E-state index contributed by atoms with van der Waals surface area (Å²) in [5, 5.41) is 4.81. The highest BCUT2D eigenvalue weighted by atomic mass is 19.3. The maximum atomic E-state index is 12.9. The molecule has 0 saturated heterocycles. The molecule has 0 aliphatic carbocycles. The van der Waals surface area contributed by atoms with Crippen LogP contribution in [0.2, 0.25) is 0 Å². The largest absolute Gasteiger partial charge is 0.586 e. The van der Waals surface area contributed by atoms with Crippen LogP contribution in [0.15, 0.2) is 18.2 Å². The molecule has 1 aromatic carbocycles. The Morgan fingerprint density at radius 3 is 2.45 bits per heavy atom. The molecule has 1 aromatic rings. The zero-order valence-electron chi connectivity index (χ0n) is 11.9. The Balaban J connectivity index is 2.11. The molecule has 9 heteroatoms. The molecule has 4 N–H and O–H groups in total. The molecule has 22 heavy (non-hydrogen) atoms. The third-order valence-electron chi connectivity index (χ3n) is 2.92. The van der Waals surface area contributed by atoms with Crippen molar-refractivity contribution in [3.63, 3.8) is 0 Å². The van der Waals surface area contributed by atoms with Gasteiger partial charge in [-0.25, -0.2) is 4.79 Å². The average molecular weight is 315 g/mol. The lowest BCUT2D eigenvalue weighted by atomic mass is 10.0. The molecule has 0 radical (unpaired) electrons. The summed E-state index contributed by atoms with van der Waals surface area (Å²) in [4.78, 5) is 23.0. The van der Waals surface area contributed by atoms with Gasteiger partial charge in [-0.2, -0.15) is 0 Å². The zero-order valence-corrected chi connectivity index (χ0v) is 11.9. The van der Waals surface area contributed by atoms with Crippen molar-refractivity contribution in [3.05, 3.63) is 18.2 Å². The summed E-state index contributed by atoms with van der Waals surface area (Å²) >= 11 is 0. The first-order valence-corrected chi connectivity index (χ1v) is 6.44. The Morgan fingerprint density at radius 2 is 1.86 bits per heavy atom. The summed E-state index contributed by atoms with van der Waals surface area (Å²) in [5.74, 6) is -1.06. The molecule has 120 valence electrons. The number of halogens is 2. The van der Waals surface area contributed by atoms with Crippen LogP contribution in [0.4, 0.5) is 19.3 Å².